The van der Waals surface area contributed by atoms with Gasteiger partial charge in [-0.05, 0) is 55.5 Å². The maximum absolute atomic E-state index is 12.2. The van der Waals surface area contributed by atoms with Gasteiger partial charge in [-0.2, -0.15) is 0 Å². The molecule has 0 fully saturated rings. The van der Waals surface area contributed by atoms with Crippen LogP contribution in [0.1, 0.15) is 12.7 Å². The number of amides is 1. The Balaban J connectivity index is 1.48. The Morgan fingerprint density at radius 3 is 2.40 bits per heavy atom. The molecule has 0 bridgehead atoms. The summed E-state index contributed by atoms with van der Waals surface area (Å²) in [4.78, 5) is 12.2. The van der Waals surface area contributed by atoms with Crippen LogP contribution in [0, 0.1) is 0 Å². The zero-order valence-corrected chi connectivity index (χ0v) is 17.6. The summed E-state index contributed by atoms with van der Waals surface area (Å²) in [5.74, 6) is 8.16. The number of nitrogen functional groups attached to an aromatic ring is 1. The number of methoxy groups -OCH3 is 1. The van der Waals surface area contributed by atoms with E-state index in [2.05, 4.69) is 20.8 Å². The van der Waals surface area contributed by atoms with Gasteiger partial charge in [0.25, 0.3) is 0 Å². The van der Waals surface area contributed by atoms with E-state index in [1.54, 1.807) is 19.2 Å². The zero-order valence-electron chi connectivity index (χ0n) is 16.8. The number of benzene rings is 2. The molecule has 158 valence electrons. The van der Waals surface area contributed by atoms with Crippen LogP contribution in [-0.4, -0.2) is 40.3 Å². The van der Waals surface area contributed by atoms with Crippen molar-refractivity contribution in [3.63, 3.8) is 0 Å². The van der Waals surface area contributed by atoms with Crippen LogP contribution in [0.15, 0.2) is 53.7 Å². The third-order valence-corrected chi connectivity index (χ3v) is 5.00. The normalized spacial score (nSPS) is 10.5. The van der Waals surface area contributed by atoms with E-state index in [-0.39, 0.29) is 11.7 Å². The zero-order chi connectivity index (χ0) is 21.3. The molecule has 1 aromatic heterocycles. The minimum atomic E-state index is -0.162. The average molecular weight is 429 g/mol. The molecular formula is C20H24N6O3S. The second kappa shape index (κ2) is 10.4. The van der Waals surface area contributed by atoms with Gasteiger partial charge in [0.05, 0.1) is 26.0 Å². The molecule has 0 atom stereocenters. The Kier molecular flexibility index (Phi) is 7.39. The molecule has 0 unspecified atom stereocenters. The van der Waals surface area contributed by atoms with Crippen molar-refractivity contribution in [3.05, 3.63) is 54.4 Å². The number of nitrogens with one attached hydrogen (secondary N) is 2. The fourth-order valence-corrected chi connectivity index (χ4v) is 3.22. The standard InChI is InChI=1S/C20H24N6O3S/c1-3-29-17-10-6-15(7-11-17)23-19(27)13-30-20-25-24-18(26(20)21)12-22-14-4-8-16(28-2)9-5-14/h4-11,22H,3,12-13,21H2,1-2H3,(H,23,27). The molecule has 0 aliphatic heterocycles. The third kappa shape index (κ3) is 5.80. The second-order valence-corrected chi connectivity index (χ2v) is 7.09. The fourth-order valence-electron chi connectivity index (χ4n) is 2.54. The lowest BCUT2D eigenvalue weighted by molar-refractivity contribution is -0.113. The molecule has 4 N–H and O–H groups in total. The van der Waals surface area contributed by atoms with Crippen LogP contribution in [0.25, 0.3) is 0 Å². The number of carbonyl (C=O) groups is 1. The Bertz CT molecular complexity index is 960. The number of thioether (sulfide) groups is 1. The first-order valence-electron chi connectivity index (χ1n) is 9.32. The van der Waals surface area contributed by atoms with Gasteiger partial charge in [-0.1, -0.05) is 11.8 Å². The molecule has 30 heavy (non-hydrogen) atoms. The van der Waals surface area contributed by atoms with Gasteiger partial charge >= 0.3 is 0 Å². The Morgan fingerprint density at radius 2 is 1.73 bits per heavy atom. The average Bonchev–Trinajstić information content (AvgIpc) is 3.12. The monoisotopic (exact) mass is 428 g/mol. The number of aromatic nitrogens is 3. The molecule has 9 nitrogen and oxygen atoms in total. The lowest BCUT2D eigenvalue weighted by Crippen LogP contribution is -2.18. The summed E-state index contributed by atoms with van der Waals surface area (Å²) in [7, 11) is 1.62. The van der Waals surface area contributed by atoms with Gasteiger partial charge in [-0.15, -0.1) is 10.2 Å². The van der Waals surface area contributed by atoms with Crippen molar-refractivity contribution in [2.75, 3.05) is 35.9 Å². The van der Waals surface area contributed by atoms with Crippen molar-refractivity contribution in [3.8, 4) is 11.5 Å². The van der Waals surface area contributed by atoms with Gasteiger partial charge in [0.1, 0.15) is 11.5 Å². The smallest absolute Gasteiger partial charge is 0.234 e. The SMILES string of the molecule is CCOc1ccc(NC(=O)CSc2nnc(CNc3ccc(OC)cc3)n2N)cc1. The topological polar surface area (TPSA) is 116 Å². The lowest BCUT2D eigenvalue weighted by Gasteiger charge is -2.08. The summed E-state index contributed by atoms with van der Waals surface area (Å²) in [5.41, 5.74) is 1.60. The maximum Gasteiger partial charge on any atom is 0.234 e. The molecule has 10 heteroatoms. The summed E-state index contributed by atoms with van der Waals surface area (Å²) in [5, 5.41) is 14.7. The number of anilines is 2. The molecule has 0 saturated heterocycles. The van der Waals surface area contributed by atoms with Crippen LogP contribution in [-0.2, 0) is 11.3 Å². The fraction of sp³-hybridized carbons (Fsp3) is 0.250. The largest absolute Gasteiger partial charge is 0.497 e. The van der Waals surface area contributed by atoms with Crippen molar-refractivity contribution >= 4 is 29.0 Å². The third-order valence-electron chi connectivity index (χ3n) is 4.06. The summed E-state index contributed by atoms with van der Waals surface area (Å²) in [6, 6.07) is 14.7. The highest BCUT2D eigenvalue weighted by atomic mass is 32.2. The summed E-state index contributed by atoms with van der Waals surface area (Å²) >= 11 is 1.22. The first-order valence-corrected chi connectivity index (χ1v) is 10.3. The van der Waals surface area contributed by atoms with Crippen LogP contribution < -0.4 is 25.9 Å². The van der Waals surface area contributed by atoms with E-state index in [0.29, 0.717) is 29.8 Å². The van der Waals surface area contributed by atoms with Gasteiger partial charge in [-0.3, -0.25) is 4.79 Å². The van der Waals surface area contributed by atoms with E-state index < -0.39 is 0 Å². The van der Waals surface area contributed by atoms with Crippen LogP contribution in [0.3, 0.4) is 0 Å². The number of carbonyl (C=O) groups excluding carboxylic acids is 1. The number of nitrogens with zero attached hydrogens (tertiary/aromatic N) is 3. The van der Waals surface area contributed by atoms with E-state index in [9.17, 15) is 4.79 Å². The van der Waals surface area contributed by atoms with Gasteiger partial charge < -0.3 is 25.9 Å². The highest BCUT2D eigenvalue weighted by Crippen LogP contribution is 2.19. The minimum absolute atomic E-state index is 0.161. The van der Waals surface area contributed by atoms with Crippen LogP contribution in [0.5, 0.6) is 11.5 Å². The number of nitrogens with two attached hydrogens (primary N) is 1. The highest BCUT2D eigenvalue weighted by Gasteiger charge is 2.12. The van der Waals surface area contributed by atoms with Crippen LogP contribution in [0.2, 0.25) is 0 Å². The lowest BCUT2D eigenvalue weighted by atomic mass is 10.3. The van der Waals surface area contributed by atoms with Crippen LogP contribution in [0.4, 0.5) is 11.4 Å². The Hall–Kier alpha value is -3.40. The first-order chi connectivity index (χ1) is 14.6. The molecule has 3 rings (SSSR count). The van der Waals surface area contributed by atoms with Gasteiger partial charge in [-0.25, -0.2) is 4.68 Å². The summed E-state index contributed by atoms with van der Waals surface area (Å²) in [6.07, 6.45) is 0. The molecule has 0 saturated carbocycles. The van der Waals surface area contributed by atoms with Gasteiger partial charge in [0.2, 0.25) is 11.1 Å². The molecule has 0 aliphatic rings. The molecule has 1 amide bonds. The molecule has 0 radical (unpaired) electrons. The molecular weight excluding hydrogens is 404 g/mol. The maximum atomic E-state index is 12.2. The van der Waals surface area contributed by atoms with Crippen molar-refractivity contribution in [1.29, 1.82) is 0 Å². The van der Waals surface area contributed by atoms with E-state index >= 15 is 0 Å². The Labute approximate surface area is 178 Å². The Morgan fingerprint density at radius 1 is 1.07 bits per heavy atom. The van der Waals surface area contributed by atoms with Gasteiger partial charge in [0.15, 0.2) is 5.82 Å². The van der Waals surface area contributed by atoms with E-state index in [1.165, 1.54) is 16.4 Å². The van der Waals surface area contributed by atoms with Crippen molar-refractivity contribution in [2.24, 2.45) is 0 Å². The van der Waals surface area contributed by atoms with Crippen LogP contribution >= 0.6 is 11.8 Å². The summed E-state index contributed by atoms with van der Waals surface area (Å²) in [6.45, 7) is 2.91. The number of rotatable bonds is 10. The molecule has 3 aromatic rings. The molecule has 0 aliphatic carbocycles. The van der Waals surface area contributed by atoms with E-state index in [4.69, 9.17) is 15.3 Å². The predicted molar refractivity (Wildman–Crippen MR) is 117 cm³/mol. The molecule has 1 heterocycles. The van der Waals surface area contributed by atoms with Gasteiger partial charge in [0, 0.05) is 11.4 Å². The quantitative estimate of drug-likeness (QED) is 0.333. The molecule has 0 spiro atoms. The first kappa shape index (κ1) is 21.3. The van der Waals surface area contributed by atoms with E-state index in [1.807, 2.05) is 43.3 Å². The minimum Gasteiger partial charge on any atom is -0.497 e. The van der Waals surface area contributed by atoms with Crippen molar-refractivity contribution in [1.82, 2.24) is 14.9 Å². The number of ether oxygens (including phenoxy) is 2. The van der Waals surface area contributed by atoms with Crippen molar-refractivity contribution in [2.45, 2.75) is 18.6 Å². The highest BCUT2D eigenvalue weighted by molar-refractivity contribution is 7.99. The number of hydrogen-bond donors (Lipinski definition) is 3. The molecule has 2 aromatic carbocycles. The second-order valence-electron chi connectivity index (χ2n) is 6.15. The number of hydrogen-bond acceptors (Lipinski definition) is 8. The van der Waals surface area contributed by atoms with Crippen molar-refractivity contribution < 1.29 is 14.3 Å². The van der Waals surface area contributed by atoms with E-state index in [0.717, 1.165) is 17.2 Å². The predicted octanol–water partition coefficient (Wildman–Crippen LogP) is 2.74. The summed E-state index contributed by atoms with van der Waals surface area (Å²) < 4.78 is 11.9.